The van der Waals surface area contributed by atoms with E-state index >= 15 is 0 Å². The van der Waals surface area contributed by atoms with Gasteiger partial charge in [0.15, 0.2) is 0 Å². The van der Waals surface area contributed by atoms with E-state index in [1.165, 1.54) is 5.56 Å². The standard InChI is InChI=1S/C27H32N2O4/c1-2-32-26(31)18-22(21-10-9-19-13-15-33-25(19)17-21)16-24(30)8-4-3-7-23-12-11-20-6-5-14-28-27(20)29-23/h9-13,15,17,22H,2-8,14,16,18H2,1H3,(H,28,29). The third kappa shape index (κ3) is 6.21. The fourth-order valence-corrected chi connectivity index (χ4v) is 4.47. The molecule has 1 aliphatic rings. The summed E-state index contributed by atoms with van der Waals surface area (Å²) in [5.41, 5.74) is 4.06. The van der Waals surface area contributed by atoms with Gasteiger partial charge in [0.25, 0.3) is 0 Å². The van der Waals surface area contributed by atoms with Crippen molar-refractivity contribution >= 4 is 28.5 Å². The van der Waals surface area contributed by atoms with E-state index in [2.05, 4.69) is 17.4 Å². The molecular weight excluding hydrogens is 416 g/mol. The van der Waals surface area contributed by atoms with Gasteiger partial charge in [-0.1, -0.05) is 18.2 Å². The van der Waals surface area contributed by atoms with Crippen molar-refractivity contribution < 1.29 is 18.7 Å². The molecule has 1 aliphatic heterocycles. The topological polar surface area (TPSA) is 81.4 Å². The fraction of sp³-hybridized carbons (Fsp3) is 0.444. The van der Waals surface area contributed by atoms with Gasteiger partial charge in [-0.15, -0.1) is 0 Å². The number of benzene rings is 1. The number of ether oxygens (including phenoxy) is 1. The Morgan fingerprint density at radius 2 is 2.06 bits per heavy atom. The highest BCUT2D eigenvalue weighted by Gasteiger charge is 2.21. The van der Waals surface area contributed by atoms with Crippen LogP contribution in [0.2, 0.25) is 0 Å². The Hall–Kier alpha value is -3.15. The first-order chi connectivity index (χ1) is 16.1. The van der Waals surface area contributed by atoms with Crippen LogP contribution < -0.4 is 5.32 Å². The number of Topliss-reactive ketones (excluding diaryl/α,β-unsaturated/α-hetero) is 1. The summed E-state index contributed by atoms with van der Waals surface area (Å²) in [4.78, 5) is 29.7. The van der Waals surface area contributed by atoms with Gasteiger partial charge in [-0.05, 0) is 68.4 Å². The van der Waals surface area contributed by atoms with Crippen LogP contribution in [0.25, 0.3) is 11.0 Å². The lowest BCUT2D eigenvalue weighted by Crippen LogP contribution is -2.14. The number of hydrogen-bond donors (Lipinski definition) is 1. The maximum absolute atomic E-state index is 12.8. The molecule has 174 valence electrons. The lowest BCUT2D eigenvalue weighted by molar-refractivity contribution is -0.143. The van der Waals surface area contributed by atoms with Crippen molar-refractivity contribution in [2.24, 2.45) is 0 Å². The van der Waals surface area contributed by atoms with Gasteiger partial charge < -0.3 is 14.5 Å². The lowest BCUT2D eigenvalue weighted by atomic mass is 9.89. The molecule has 4 rings (SSSR count). The van der Waals surface area contributed by atoms with Crippen LogP contribution in [0.4, 0.5) is 5.82 Å². The Labute approximate surface area is 194 Å². The molecule has 1 N–H and O–H groups in total. The van der Waals surface area contributed by atoms with Crippen molar-refractivity contribution in [3.05, 3.63) is 59.5 Å². The molecule has 1 unspecified atom stereocenters. The molecule has 0 saturated heterocycles. The molecule has 1 atom stereocenters. The van der Waals surface area contributed by atoms with E-state index in [-0.39, 0.29) is 24.1 Å². The zero-order chi connectivity index (χ0) is 23.0. The van der Waals surface area contributed by atoms with E-state index in [1.54, 1.807) is 13.2 Å². The van der Waals surface area contributed by atoms with Gasteiger partial charge in [0, 0.05) is 36.4 Å². The number of carbonyl (C=O) groups excluding carboxylic acids is 2. The molecule has 33 heavy (non-hydrogen) atoms. The third-order valence-corrected chi connectivity index (χ3v) is 6.23. The number of nitrogens with zero attached hydrogens (tertiary/aromatic N) is 1. The van der Waals surface area contributed by atoms with Gasteiger partial charge in [0.1, 0.15) is 17.2 Å². The Morgan fingerprint density at radius 3 is 2.94 bits per heavy atom. The average Bonchev–Trinajstić information content (AvgIpc) is 3.29. The molecule has 0 radical (unpaired) electrons. The summed E-state index contributed by atoms with van der Waals surface area (Å²) in [6, 6.07) is 12.1. The van der Waals surface area contributed by atoms with E-state index < -0.39 is 0 Å². The minimum absolute atomic E-state index is 0.170. The number of fused-ring (bicyclic) bond motifs is 2. The number of esters is 1. The van der Waals surface area contributed by atoms with Crippen LogP contribution in [0.1, 0.15) is 68.2 Å². The third-order valence-electron chi connectivity index (χ3n) is 6.23. The smallest absolute Gasteiger partial charge is 0.306 e. The minimum Gasteiger partial charge on any atom is -0.466 e. The largest absolute Gasteiger partial charge is 0.466 e. The van der Waals surface area contributed by atoms with Gasteiger partial charge >= 0.3 is 5.97 Å². The second-order valence-corrected chi connectivity index (χ2v) is 8.71. The second kappa shape index (κ2) is 11.1. The minimum atomic E-state index is -0.276. The van der Waals surface area contributed by atoms with Crippen molar-refractivity contribution in [3.63, 3.8) is 0 Å². The number of pyridine rings is 1. The summed E-state index contributed by atoms with van der Waals surface area (Å²) in [5, 5.41) is 4.38. The predicted octanol–water partition coefficient (Wildman–Crippen LogP) is 5.59. The molecule has 0 fully saturated rings. The van der Waals surface area contributed by atoms with Crippen LogP contribution in [-0.2, 0) is 27.2 Å². The summed E-state index contributed by atoms with van der Waals surface area (Å²) in [5.74, 6) is 0.704. The number of anilines is 1. The Balaban J connectivity index is 1.31. The summed E-state index contributed by atoms with van der Waals surface area (Å²) in [7, 11) is 0. The van der Waals surface area contributed by atoms with Gasteiger partial charge in [-0.3, -0.25) is 9.59 Å². The average molecular weight is 449 g/mol. The second-order valence-electron chi connectivity index (χ2n) is 8.71. The molecule has 3 heterocycles. The maximum Gasteiger partial charge on any atom is 0.306 e. The van der Waals surface area contributed by atoms with E-state index in [4.69, 9.17) is 14.1 Å². The Morgan fingerprint density at radius 1 is 1.15 bits per heavy atom. The van der Waals surface area contributed by atoms with Crippen LogP contribution in [0.3, 0.4) is 0 Å². The van der Waals surface area contributed by atoms with Crippen molar-refractivity contribution in [3.8, 4) is 0 Å². The first-order valence-corrected chi connectivity index (χ1v) is 12.0. The van der Waals surface area contributed by atoms with Gasteiger partial charge in [-0.2, -0.15) is 0 Å². The number of unbranched alkanes of at least 4 members (excludes halogenated alkanes) is 1. The number of hydrogen-bond acceptors (Lipinski definition) is 6. The Kier molecular flexibility index (Phi) is 7.76. The summed E-state index contributed by atoms with van der Waals surface area (Å²) in [6.45, 7) is 3.11. The van der Waals surface area contributed by atoms with Crippen LogP contribution >= 0.6 is 0 Å². The highest BCUT2D eigenvalue weighted by Crippen LogP contribution is 2.29. The molecule has 3 aromatic rings. The number of aryl methyl sites for hydroxylation is 2. The number of aromatic nitrogens is 1. The normalized spacial score (nSPS) is 13.8. The van der Waals surface area contributed by atoms with Crippen LogP contribution in [0.15, 0.2) is 47.1 Å². The molecule has 0 bridgehead atoms. The summed E-state index contributed by atoms with van der Waals surface area (Å²) >= 11 is 0. The SMILES string of the molecule is CCOC(=O)CC(CC(=O)CCCCc1ccc2c(n1)NCCC2)c1ccc2ccoc2c1. The molecule has 0 spiro atoms. The van der Waals surface area contributed by atoms with E-state index in [0.717, 1.165) is 66.7 Å². The maximum atomic E-state index is 12.8. The number of furan rings is 1. The highest BCUT2D eigenvalue weighted by molar-refractivity contribution is 5.82. The zero-order valence-electron chi connectivity index (χ0n) is 19.3. The zero-order valence-corrected chi connectivity index (χ0v) is 19.3. The van der Waals surface area contributed by atoms with Gasteiger partial charge in [0.2, 0.25) is 0 Å². The monoisotopic (exact) mass is 448 g/mol. The van der Waals surface area contributed by atoms with Crippen molar-refractivity contribution in [2.75, 3.05) is 18.5 Å². The van der Waals surface area contributed by atoms with Crippen molar-refractivity contribution in [1.29, 1.82) is 0 Å². The van der Waals surface area contributed by atoms with Crippen LogP contribution in [-0.4, -0.2) is 29.9 Å². The molecular formula is C27H32N2O4. The molecule has 6 heteroatoms. The summed E-state index contributed by atoms with van der Waals surface area (Å²) < 4.78 is 10.7. The van der Waals surface area contributed by atoms with Gasteiger partial charge in [-0.25, -0.2) is 4.98 Å². The molecule has 0 amide bonds. The fourth-order valence-electron chi connectivity index (χ4n) is 4.47. The number of rotatable bonds is 11. The van der Waals surface area contributed by atoms with Crippen molar-refractivity contribution in [2.45, 2.75) is 64.2 Å². The first-order valence-electron chi connectivity index (χ1n) is 12.0. The first kappa shape index (κ1) is 23.0. The molecule has 6 nitrogen and oxygen atoms in total. The number of ketones is 1. The Bertz CT molecular complexity index is 1100. The lowest BCUT2D eigenvalue weighted by Gasteiger charge is -2.17. The molecule has 2 aromatic heterocycles. The summed E-state index contributed by atoms with van der Waals surface area (Å²) in [6.07, 6.45) is 7.51. The number of nitrogens with one attached hydrogen (secondary N) is 1. The highest BCUT2D eigenvalue weighted by atomic mass is 16.5. The molecule has 0 aliphatic carbocycles. The predicted molar refractivity (Wildman–Crippen MR) is 128 cm³/mol. The van der Waals surface area contributed by atoms with Crippen LogP contribution in [0.5, 0.6) is 0 Å². The van der Waals surface area contributed by atoms with Crippen molar-refractivity contribution in [1.82, 2.24) is 4.98 Å². The molecule has 0 saturated carbocycles. The molecule has 1 aromatic carbocycles. The van der Waals surface area contributed by atoms with E-state index in [1.807, 2.05) is 24.3 Å². The number of carbonyl (C=O) groups is 2. The van der Waals surface area contributed by atoms with E-state index in [9.17, 15) is 9.59 Å². The van der Waals surface area contributed by atoms with E-state index in [0.29, 0.717) is 19.4 Å². The van der Waals surface area contributed by atoms with Crippen LogP contribution in [0, 0.1) is 0 Å². The quantitative estimate of drug-likeness (QED) is 0.304. The van der Waals surface area contributed by atoms with Gasteiger partial charge in [0.05, 0.1) is 19.3 Å².